The summed E-state index contributed by atoms with van der Waals surface area (Å²) in [7, 11) is 0. The molecule has 0 aliphatic heterocycles. The van der Waals surface area contributed by atoms with E-state index in [1.165, 1.54) is 0 Å². The summed E-state index contributed by atoms with van der Waals surface area (Å²) in [5.74, 6) is 0.910. The van der Waals surface area contributed by atoms with Gasteiger partial charge < -0.3 is 4.57 Å². The highest BCUT2D eigenvalue weighted by Gasteiger charge is 2.10. The zero-order valence-electron chi connectivity index (χ0n) is 9.75. The molecule has 0 unspecified atom stereocenters. The highest BCUT2D eigenvalue weighted by atomic mass is 35.5. The number of aromatic nitrogens is 3. The Morgan fingerprint density at radius 2 is 2.11 bits per heavy atom. The van der Waals surface area contributed by atoms with Gasteiger partial charge in [0.15, 0.2) is 0 Å². The van der Waals surface area contributed by atoms with Crippen LogP contribution in [0.2, 0.25) is 10.2 Å². The zero-order chi connectivity index (χ0) is 13.2. The first kappa shape index (κ1) is 12.7. The van der Waals surface area contributed by atoms with Gasteiger partial charge in [-0.05, 0) is 23.6 Å². The fraction of sp³-hybridized carbons (Fsp3) is 0.0769. The van der Waals surface area contributed by atoms with Gasteiger partial charge in [-0.1, -0.05) is 29.3 Å². The van der Waals surface area contributed by atoms with Gasteiger partial charge >= 0.3 is 0 Å². The predicted molar refractivity (Wildman–Crippen MR) is 78.9 cm³/mol. The number of rotatable bonds is 3. The SMILES string of the molecule is Clc1ccc(Cl)c(Cn2ccnc2-c2cccs2)n1. The minimum Gasteiger partial charge on any atom is -0.324 e. The molecule has 3 rings (SSSR count). The van der Waals surface area contributed by atoms with Crippen molar-refractivity contribution in [2.75, 3.05) is 0 Å². The third-order valence-electron chi connectivity index (χ3n) is 2.66. The van der Waals surface area contributed by atoms with Crippen LogP contribution in [-0.2, 0) is 6.54 Å². The Labute approximate surface area is 124 Å². The Morgan fingerprint density at radius 3 is 2.89 bits per heavy atom. The summed E-state index contributed by atoms with van der Waals surface area (Å²) in [6.07, 6.45) is 3.68. The summed E-state index contributed by atoms with van der Waals surface area (Å²) >= 11 is 13.7. The van der Waals surface area contributed by atoms with Crippen molar-refractivity contribution in [3.05, 3.63) is 57.9 Å². The van der Waals surface area contributed by atoms with Crippen LogP contribution in [0.5, 0.6) is 0 Å². The lowest BCUT2D eigenvalue weighted by Gasteiger charge is -2.08. The van der Waals surface area contributed by atoms with Crippen LogP contribution in [0.3, 0.4) is 0 Å². The molecule has 0 saturated heterocycles. The van der Waals surface area contributed by atoms with Gasteiger partial charge in [0.25, 0.3) is 0 Å². The van der Waals surface area contributed by atoms with Gasteiger partial charge in [0.1, 0.15) is 11.0 Å². The van der Waals surface area contributed by atoms with E-state index in [0.717, 1.165) is 16.4 Å². The zero-order valence-corrected chi connectivity index (χ0v) is 12.1. The molecule has 0 aliphatic rings. The van der Waals surface area contributed by atoms with E-state index in [1.54, 1.807) is 29.7 Å². The monoisotopic (exact) mass is 309 g/mol. The van der Waals surface area contributed by atoms with Crippen molar-refractivity contribution < 1.29 is 0 Å². The lowest BCUT2D eigenvalue weighted by atomic mass is 10.3. The van der Waals surface area contributed by atoms with Crippen molar-refractivity contribution in [2.24, 2.45) is 0 Å². The molecule has 0 N–H and O–H groups in total. The first-order valence-electron chi connectivity index (χ1n) is 5.60. The van der Waals surface area contributed by atoms with E-state index in [1.807, 2.05) is 28.3 Å². The van der Waals surface area contributed by atoms with Crippen molar-refractivity contribution in [1.29, 1.82) is 0 Å². The normalized spacial score (nSPS) is 10.8. The Balaban J connectivity index is 1.96. The molecule has 0 fully saturated rings. The average molecular weight is 310 g/mol. The van der Waals surface area contributed by atoms with E-state index in [2.05, 4.69) is 9.97 Å². The molecule has 0 radical (unpaired) electrons. The van der Waals surface area contributed by atoms with Crippen LogP contribution in [0.15, 0.2) is 42.0 Å². The summed E-state index contributed by atoms with van der Waals surface area (Å²) in [5, 5.41) is 3.08. The second-order valence-corrected chi connectivity index (χ2v) is 5.66. The van der Waals surface area contributed by atoms with Gasteiger partial charge in [0.05, 0.1) is 22.1 Å². The average Bonchev–Trinajstić information content (AvgIpc) is 3.03. The van der Waals surface area contributed by atoms with Gasteiger partial charge in [-0.3, -0.25) is 0 Å². The minimum atomic E-state index is 0.442. The Bertz CT molecular complexity index is 692. The van der Waals surface area contributed by atoms with Crippen molar-refractivity contribution in [3.63, 3.8) is 0 Å². The second-order valence-electron chi connectivity index (χ2n) is 3.92. The lowest BCUT2D eigenvalue weighted by molar-refractivity contribution is 0.783. The summed E-state index contributed by atoms with van der Waals surface area (Å²) in [6.45, 7) is 0.548. The predicted octanol–water partition coefficient (Wildman–Crippen LogP) is 4.36. The first-order chi connectivity index (χ1) is 9.24. The third-order valence-corrected chi connectivity index (χ3v) is 4.08. The molecule has 6 heteroatoms. The Kier molecular flexibility index (Phi) is 3.55. The molecule has 0 saturated carbocycles. The molecule has 0 atom stereocenters. The van der Waals surface area contributed by atoms with Crippen LogP contribution in [-0.4, -0.2) is 14.5 Å². The van der Waals surface area contributed by atoms with E-state index < -0.39 is 0 Å². The van der Waals surface area contributed by atoms with E-state index >= 15 is 0 Å². The highest BCUT2D eigenvalue weighted by molar-refractivity contribution is 7.13. The molecule has 0 aliphatic carbocycles. The van der Waals surface area contributed by atoms with E-state index in [0.29, 0.717) is 16.7 Å². The van der Waals surface area contributed by atoms with Crippen LogP contribution in [0.4, 0.5) is 0 Å². The number of nitrogens with zero attached hydrogens (tertiary/aromatic N) is 3. The largest absolute Gasteiger partial charge is 0.324 e. The first-order valence-corrected chi connectivity index (χ1v) is 7.23. The molecule has 19 heavy (non-hydrogen) atoms. The molecular formula is C13H9Cl2N3S. The Morgan fingerprint density at radius 1 is 1.21 bits per heavy atom. The number of imidazole rings is 1. The summed E-state index contributed by atoms with van der Waals surface area (Å²) < 4.78 is 2.01. The van der Waals surface area contributed by atoms with Crippen molar-refractivity contribution in [2.45, 2.75) is 6.54 Å². The molecule has 3 heterocycles. The number of thiophene rings is 1. The fourth-order valence-electron chi connectivity index (χ4n) is 1.80. The lowest BCUT2D eigenvalue weighted by Crippen LogP contribution is -2.03. The molecule has 96 valence electrons. The molecule has 0 spiro atoms. The van der Waals surface area contributed by atoms with Crippen molar-refractivity contribution in [1.82, 2.24) is 14.5 Å². The second kappa shape index (κ2) is 5.33. The maximum atomic E-state index is 6.14. The van der Waals surface area contributed by atoms with Gasteiger partial charge in [-0.25, -0.2) is 9.97 Å². The van der Waals surface area contributed by atoms with Crippen LogP contribution in [0.1, 0.15) is 5.69 Å². The molecule has 0 bridgehead atoms. The Hall–Kier alpha value is -1.36. The molecule has 3 aromatic heterocycles. The topological polar surface area (TPSA) is 30.7 Å². The van der Waals surface area contributed by atoms with E-state index in [4.69, 9.17) is 23.2 Å². The van der Waals surface area contributed by atoms with Gasteiger partial charge in [-0.15, -0.1) is 11.3 Å². The van der Waals surface area contributed by atoms with Gasteiger partial charge in [0, 0.05) is 12.4 Å². The van der Waals surface area contributed by atoms with E-state index in [9.17, 15) is 0 Å². The minimum absolute atomic E-state index is 0.442. The molecule has 3 nitrogen and oxygen atoms in total. The quantitative estimate of drug-likeness (QED) is 0.673. The number of pyridine rings is 1. The third kappa shape index (κ3) is 2.66. The number of halogens is 2. The van der Waals surface area contributed by atoms with Crippen molar-refractivity contribution in [3.8, 4) is 10.7 Å². The van der Waals surface area contributed by atoms with E-state index in [-0.39, 0.29) is 0 Å². The smallest absolute Gasteiger partial charge is 0.150 e. The molecular weight excluding hydrogens is 301 g/mol. The summed E-state index contributed by atoms with van der Waals surface area (Å²) in [5.41, 5.74) is 0.741. The van der Waals surface area contributed by atoms with Crippen LogP contribution in [0.25, 0.3) is 10.7 Å². The standard InChI is InChI=1S/C13H9Cl2N3S/c14-9-3-4-12(15)17-10(9)8-18-6-5-16-13(18)11-2-1-7-19-11/h1-7H,8H2. The molecule has 0 aromatic carbocycles. The maximum Gasteiger partial charge on any atom is 0.150 e. The van der Waals surface area contributed by atoms with Crippen LogP contribution in [0, 0.1) is 0 Å². The van der Waals surface area contributed by atoms with Crippen LogP contribution >= 0.6 is 34.5 Å². The van der Waals surface area contributed by atoms with Gasteiger partial charge in [0.2, 0.25) is 0 Å². The van der Waals surface area contributed by atoms with Crippen molar-refractivity contribution >= 4 is 34.5 Å². The number of hydrogen-bond donors (Lipinski definition) is 0. The molecule has 0 amide bonds. The fourth-order valence-corrected chi connectivity index (χ4v) is 2.86. The summed E-state index contributed by atoms with van der Waals surface area (Å²) in [6, 6.07) is 7.48. The maximum absolute atomic E-state index is 6.14. The van der Waals surface area contributed by atoms with Gasteiger partial charge in [-0.2, -0.15) is 0 Å². The van der Waals surface area contributed by atoms with Crippen LogP contribution < -0.4 is 0 Å². The highest BCUT2D eigenvalue weighted by Crippen LogP contribution is 2.25. The molecule has 3 aromatic rings. The number of hydrogen-bond acceptors (Lipinski definition) is 3. The summed E-state index contributed by atoms with van der Waals surface area (Å²) in [4.78, 5) is 9.75.